The molecule has 0 aliphatic heterocycles. The summed E-state index contributed by atoms with van der Waals surface area (Å²) in [5.74, 6) is 0.239. The monoisotopic (exact) mass is 185 g/mol. The first kappa shape index (κ1) is 8.99. The van der Waals surface area contributed by atoms with Crippen molar-refractivity contribution in [2.45, 2.75) is 6.92 Å². The maximum absolute atomic E-state index is 11.0. The Morgan fingerprint density at radius 2 is 2.25 bits per heavy atom. The first-order valence-electron chi connectivity index (χ1n) is 3.51. The van der Waals surface area contributed by atoms with Gasteiger partial charge in [-0.2, -0.15) is 0 Å². The summed E-state index contributed by atoms with van der Waals surface area (Å²) in [6.45, 7) is 1.54. The highest BCUT2D eigenvalue weighted by Gasteiger charge is 2.08. The molecule has 65 valence electrons. The Bertz CT molecular complexity index is 334. The molecular formula is C7H9N2O2S. The molecule has 1 rings (SSSR count). The lowest BCUT2D eigenvalue weighted by molar-refractivity contribution is 0.591. The van der Waals surface area contributed by atoms with Gasteiger partial charge in [-0.25, -0.2) is 13.4 Å². The van der Waals surface area contributed by atoms with Gasteiger partial charge in [0.1, 0.15) is 0 Å². The second-order valence-corrected chi connectivity index (χ2v) is 4.07. The van der Waals surface area contributed by atoms with Gasteiger partial charge in [-0.15, -0.1) is 4.72 Å². The Kier molecular flexibility index (Phi) is 2.65. The quantitative estimate of drug-likeness (QED) is 0.695. The van der Waals surface area contributed by atoms with Gasteiger partial charge in [-0.1, -0.05) is 6.07 Å². The molecule has 0 fully saturated rings. The Morgan fingerprint density at radius 1 is 1.50 bits per heavy atom. The molecule has 0 unspecified atom stereocenters. The van der Waals surface area contributed by atoms with Gasteiger partial charge in [-0.05, 0) is 19.1 Å². The van der Waals surface area contributed by atoms with Crippen LogP contribution >= 0.6 is 0 Å². The van der Waals surface area contributed by atoms with Gasteiger partial charge >= 0.3 is 0 Å². The molecule has 0 aliphatic rings. The molecule has 0 N–H and O–H groups in total. The maximum atomic E-state index is 11.0. The second kappa shape index (κ2) is 3.53. The third kappa shape index (κ3) is 2.50. The largest absolute Gasteiger partial charge is 0.254 e. The Balaban J connectivity index is 2.78. The highest BCUT2D eigenvalue weighted by Crippen LogP contribution is 2.03. The van der Waals surface area contributed by atoms with Crippen LogP contribution in [0.4, 0.5) is 5.82 Å². The van der Waals surface area contributed by atoms with Crippen molar-refractivity contribution in [2.24, 2.45) is 0 Å². The molecule has 1 aromatic rings. The number of nitrogens with zero attached hydrogens (tertiary/aromatic N) is 2. The molecule has 0 aliphatic carbocycles. The van der Waals surface area contributed by atoms with E-state index in [2.05, 4.69) is 9.71 Å². The Labute approximate surface area is 71.7 Å². The van der Waals surface area contributed by atoms with Crippen molar-refractivity contribution in [3.8, 4) is 0 Å². The number of sulfonamides is 1. The van der Waals surface area contributed by atoms with Gasteiger partial charge in [-0.3, -0.25) is 0 Å². The lowest BCUT2D eigenvalue weighted by atomic mass is 10.5. The van der Waals surface area contributed by atoms with Crippen LogP contribution in [0.25, 0.3) is 0 Å². The van der Waals surface area contributed by atoms with Crippen molar-refractivity contribution < 1.29 is 8.42 Å². The minimum Gasteiger partial charge on any atom is -0.236 e. The minimum atomic E-state index is -3.31. The van der Waals surface area contributed by atoms with Crippen molar-refractivity contribution in [1.29, 1.82) is 0 Å². The van der Waals surface area contributed by atoms with E-state index in [1.807, 2.05) is 0 Å². The number of aromatic nitrogens is 1. The summed E-state index contributed by atoms with van der Waals surface area (Å²) in [5, 5.41) is 0. The SMILES string of the molecule is CCS(=O)(=O)[N]c1ccccn1. The topological polar surface area (TPSA) is 61.1 Å². The molecule has 1 radical (unpaired) electrons. The summed E-state index contributed by atoms with van der Waals surface area (Å²) in [7, 11) is -3.31. The van der Waals surface area contributed by atoms with Gasteiger partial charge in [0.05, 0.1) is 5.75 Å². The van der Waals surface area contributed by atoms with Crippen LogP contribution in [0.15, 0.2) is 24.4 Å². The van der Waals surface area contributed by atoms with Crippen molar-refractivity contribution in [1.82, 2.24) is 9.71 Å². The van der Waals surface area contributed by atoms with Crippen LogP contribution in [0.3, 0.4) is 0 Å². The molecule has 0 bridgehead atoms. The van der Waals surface area contributed by atoms with Crippen molar-refractivity contribution in [3.63, 3.8) is 0 Å². The lowest BCUT2D eigenvalue weighted by Gasteiger charge is -1.98. The molecule has 1 heterocycles. The van der Waals surface area contributed by atoms with E-state index in [9.17, 15) is 8.42 Å². The lowest BCUT2D eigenvalue weighted by Crippen LogP contribution is -2.14. The predicted molar refractivity (Wildman–Crippen MR) is 45.5 cm³/mol. The van der Waals surface area contributed by atoms with E-state index in [0.29, 0.717) is 0 Å². The third-order valence-electron chi connectivity index (χ3n) is 1.25. The molecular weight excluding hydrogens is 176 g/mol. The van der Waals surface area contributed by atoms with Gasteiger partial charge in [0, 0.05) is 6.20 Å². The van der Waals surface area contributed by atoms with Crippen LogP contribution < -0.4 is 4.72 Å². The fourth-order valence-electron chi connectivity index (χ4n) is 0.615. The maximum Gasteiger partial charge on any atom is 0.254 e. The zero-order valence-corrected chi connectivity index (χ0v) is 7.45. The van der Waals surface area contributed by atoms with Crippen LogP contribution in [0.1, 0.15) is 6.92 Å². The third-order valence-corrected chi connectivity index (χ3v) is 2.44. The summed E-state index contributed by atoms with van der Waals surface area (Å²) in [5.41, 5.74) is 0. The molecule has 0 spiro atoms. The number of hydrogen-bond acceptors (Lipinski definition) is 3. The molecule has 5 heteroatoms. The number of hydrogen-bond donors (Lipinski definition) is 0. The van der Waals surface area contributed by atoms with E-state index in [1.54, 1.807) is 25.1 Å². The first-order valence-corrected chi connectivity index (χ1v) is 5.11. The Hall–Kier alpha value is -1.10. The zero-order valence-electron chi connectivity index (χ0n) is 6.64. The molecule has 0 amide bonds. The van der Waals surface area contributed by atoms with E-state index in [1.165, 1.54) is 6.20 Å². The first-order chi connectivity index (χ1) is 5.64. The molecule has 0 saturated carbocycles. The minimum absolute atomic E-state index is 0.00355. The summed E-state index contributed by atoms with van der Waals surface area (Å²) in [6, 6.07) is 4.95. The number of rotatable bonds is 3. The fraction of sp³-hybridized carbons (Fsp3) is 0.286. The van der Waals surface area contributed by atoms with Crippen molar-refractivity contribution in [2.75, 3.05) is 5.75 Å². The smallest absolute Gasteiger partial charge is 0.236 e. The molecule has 0 saturated heterocycles. The van der Waals surface area contributed by atoms with Crippen LogP contribution in [0.5, 0.6) is 0 Å². The normalized spacial score (nSPS) is 11.1. The zero-order chi connectivity index (χ0) is 9.03. The average molecular weight is 185 g/mol. The fourth-order valence-corrected chi connectivity index (χ4v) is 1.14. The standard InChI is InChI=1S/C7H9N2O2S/c1-2-12(10,11)9-7-5-3-4-6-8-7/h3-6H,2H2,1H3. The highest BCUT2D eigenvalue weighted by molar-refractivity contribution is 7.89. The molecule has 4 nitrogen and oxygen atoms in total. The van der Waals surface area contributed by atoms with Crippen LogP contribution in [-0.4, -0.2) is 19.2 Å². The highest BCUT2D eigenvalue weighted by atomic mass is 32.2. The average Bonchev–Trinajstić information content (AvgIpc) is 2.06. The second-order valence-electron chi connectivity index (χ2n) is 2.15. The van der Waals surface area contributed by atoms with Gasteiger partial charge < -0.3 is 0 Å². The van der Waals surface area contributed by atoms with Crippen LogP contribution in [0, 0.1) is 0 Å². The molecule has 0 aromatic carbocycles. The van der Waals surface area contributed by atoms with E-state index < -0.39 is 10.0 Å². The van der Waals surface area contributed by atoms with E-state index in [-0.39, 0.29) is 11.6 Å². The van der Waals surface area contributed by atoms with Gasteiger partial charge in [0.15, 0.2) is 5.82 Å². The van der Waals surface area contributed by atoms with Gasteiger partial charge in [0.25, 0.3) is 10.0 Å². The van der Waals surface area contributed by atoms with Gasteiger partial charge in [0.2, 0.25) is 0 Å². The van der Waals surface area contributed by atoms with Crippen LogP contribution in [-0.2, 0) is 10.0 Å². The van der Waals surface area contributed by atoms with Crippen molar-refractivity contribution in [3.05, 3.63) is 24.4 Å². The van der Waals surface area contributed by atoms with Crippen molar-refractivity contribution >= 4 is 15.8 Å². The summed E-state index contributed by atoms with van der Waals surface area (Å²) < 4.78 is 25.4. The van der Waals surface area contributed by atoms with E-state index in [4.69, 9.17) is 0 Å². The van der Waals surface area contributed by atoms with E-state index >= 15 is 0 Å². The summed E-state index contributed by atoms with van der Waals surface area (Å²) >= 11 is 0. The molecule has 12 heavy (non-hydrogen) atoms. The summed E-state index contributed by atoms with van der Waals surface area (Å²) in [6.07, 6.45) is 1.50. The van der Waals surface area contributed by atoms with E-state index in [0.717, 1.165) is 0 Å². The Morgan fingerprint density at radius 3 is 2.75 bits per heavy atom. The molecule has 1 aromatic heterocycles. The van der Waals surface area contributed by atoms with Crippen LogP contribution in [0.2, 0.25) is 0 Å². The summed E-state index contributed by atoms with van der Waals surface area (Å²) in [4.78, 5) is 3.77. The molecule has 0 atom stereocenters. The predicted octanol–water partition coefficient (Wildman–Crippen LogP) is 0.667. The number of pyridine rings is 1.